The van der Waals surface area contributed by atoms with Crippen molar-refractivity contribution in [2.24, 2.45) is 0 Å². The zero-order valence-electron chi connectivity index (χ0n) is 21.0. The quantitative estimate of drug-likeness (QED) is 0.320. The maximum Gasteiger partial charge on any atom is 0.422 e. The van der Waals surface area contributed by atoms with Gasteiger partial charge >= 0.3 is 12.1 Å². The van der Waals surface area contributed by atoms with Crippen LogP contribution in [-0.4, -0.2) is 55.0 Å². The second-order valence-corrected chi connectivity index (χ2v) is 8.92. The third kappa shape index (κ3) is 7.84. The van der Waals surface area contributed by atoms with E-state index in [0.717, 1.165) is 6.07 Å². The Balaban J connectivity index is 2.01. The van der Waals surface area contributed by atoms with Crippen molar-refractivity contribution in [3.8, 4) is 22.6 Å². The van der Waals surface area contributed by atoms with Crippen molar-refractivity contribution in [1.82, 2.24) is 4.57 Å². The summed E-state index contributed by atoms with van der Waals surface area (Å²) in [6.07, 6.45) is -3.23. The monoisotopic (exact) mass is 567 g/mol. The van der Waals surface area contributed by atoms with Crippen LogP contribution in [0.25, 0.3) is 11.1 Å². The van der Waals surface area contributed by atoms with Gasteiger partial charge in [-0.3, -0.25) is 9.59 Å². The summed E-state index contributed by atoms with van der Waals surface area (Å²) in [5.74, 6) is -1.51. The Morgan fingerprint density at radius 1 is 1.03 bits per heavy atom. The summed E-state index contributed by atoms with van der Waals surface area (Å²) in [5, 5.41) is 9.27. The van der Waals surface area contributed by atoms with Crippen LogP contribution in [0.3, 0.4) is 0 Å². The van der Waals surface area contributed by atoms with Crippen molar-refractivity contribution in [3.63, 3.8) is 0 Å². The van der Waals surface area contributed by atoms with E-state index in [4.69, 9.17) is 30.9 Å². The smallest absolute Gasteiger partial charge is 0.422 e. The van der Waals surface area contributed by atoms with E-state index in [1.54, 1.807) is 0 Å². The highest BCUT2D eigenvalue weighted by molar-refractivity contribution is 6.31. The molecule has 12 heteroatoms. The van der Waals surface area contributed by atoms with Crippen molar-refractivity contribution in [2.75, 3.05) is 27.4 Å². The highest BCUT2D eigenvalue weighted by atomic mass is 35.5. The fourth-order valence-electron chi connectivity index (χ4n) is 3.91. The maximum absolute atomic E-state index is 13.3. The molecule has 208 valence electrons. The Labute approximate surface area is 226 Å². The predicted molar refractivity (Wildman–Crippen MR) is 137 cm³/mol. The van der Waals surface area contributed by atoms with Crippen molar-refractivity contribution in [3.05, 3.63) is 81.2 Å². The number of carbonyl (C=O) groups excluding carboxylic acids is 1. The molecule has 0 bridgehead atoms. The number of benzene rings is 2. The number of Topliss-reactive ketones (excluding diaryl/α,β-unsaturated/α-hetero) is 1. The predicted octanol–water partition coefficient (Wildman–Crippen LogP) is 5.21. The zero-order chi connectivity index (χ0) is 28.7. The molecule has 0 aliphatic carbocycles. The number of aromatic nitrogens is 1. The highest BCUT2D eigenvalue weighted by Crippen LogP contribution is 2.38. The number of hydrogen-bond acceptors (Lipinski definition) is 6. The lowest BCUT2D eigenvalue weighted by Gasteiger charge is -2.21. The molecular weight excluding hydrogens is 543 g/mol. The van der Waals surface area contributed by atoms with Crippen LogP contribution in [0.15, 0.2) is 59.5 Å². The van der Waals surface area contributed by atoms with Crippen LogP contribution in [-0.2, 0) is 16.0 Å². The molecule has 0 aliphatic rings. The summed E-state index contributed by atoms with van der Waals surface area (Å²) in [4.78, 5) is 37.7. The summed E-state index contributed by atoms with van der Waals surface area (Å²) in [7, 11) is 2.75. The number of carbonyl (C=O) groups is 2. The van der Waals surface area contributed by atoms with Crippen LogP contribution in [0.1, 0.15) is 28.4 Å². The third-order valence-electron chi connectivity index (χ3n) is 5.77. The molecule has 1 aromatic heterocycles. The molecule has 39 heavy (non-hydrogen) atoms. The molecule has 1 N–H and O–H groups in total. The molecule has 1 atom stereocenters. The number of halogens is 4. The van der Waals surface area contributed by atoms with Gasteiger partial charge in [0.2, 0.25) is 0 Å². The van der Waals surface area contributed by atoms with Gasteiger partial charge in [0.15, 0.2) is 12.4 Å². The van der Waals surface area contributed by atoms with Crippen molar-refractivity contribution >= 4 is 23.4 Å². The van der Waals surface area contributed by atoms with Gasteiger partial charge in [-0.25, -0.2) is 4.79 Å². The van der Waals surface area contributed by atoms with E-state index < -0.39 is 30.4 Å². The Bertz CT molecular complexity index is 1390. The number of carboxylic acids is 1. The van der Waals surface area contributed by atoms with E-state index in [2.05, 4.69) is 0 Å². The summed E-state index contributed by atoms with van der Waals surface area (Å²) < 4.78 is 55.1. The molecule has 1 heterocycles. The molecule has 1 unspecified atom stereocenters. The number of ether oxygens (including phenoxy) is 3. The summed E-state index contributed by atoms with van der Waals surface area (Å²) in [6.45, 7) is -1.41. The van der Waals surface area contributed by atoms with Gasteiger partial charge < -0.3 is 23.9 Å². The number of rotatable bonds is 12. The van der Waals surface area contributed by atoms with Crippen LogP contribution in [0.2, 0.25) is 5.02 Å². The van der Waals surface area contributed by atoms with Gasteiger partial charge in [0.05, 0.1) is 24.9 Å². The molecule has 0 saturated carbocycles. The molecule has 8 nitrogen and oxygen atoms in total. The molecule has 2 aromatic carbocycles. The van der Waals surface area contributed by atoms with Crippen molar-refractivity contribution in [1.29, 1.82) is 0 Å². The average molecular weight is 568 g/mol. The number of hydrogen-bond donors (Lipinski definition) is 1. The van der Waals surface area contributed by atoms with Gasteiger partial charge in [-0.1, -0.05) is 23.7 Å². The normalized spacial score (nSPS) is 12.2. The first-order chi connectivity index (χ1) is 18.4. The van der Waals surface area contributed by atoms with Gasteiger partial charge in [-0.2, -0.15) is 13.2 Å². The fraction of sp³-hybridized carbons (Fsp3) is 0.296. The lowest BCUT2D eigenvalue weighted by atomic mass is 9.99. The lowest BCUT2D eigenvalue weighted by Crippen LogP contribution is -2.31. The van der Waals surface area contributed by atoms with Crippen LogP contribution < -0.4 is 15.0 Å². The van der Waals surface area contributed by atoms with E-state index in [0.29, 0.717) is 5.56 Å². The van der Waals surface area contributed by atoms with Gasteiger partial charge in [0, 0.05) is 42.4 Å². The Morgan fingerprint density at radius 3 is 2.28 bits per heavy atom. The number of alkyl halides is 3. The Kier molecular flexibility index (Phi) is 9.76. The summed E-state index contributed by atoms with van der Waals surface area (Å²) in [6, 6.07) is 9.92. The Morgan fingerprint density at radius 2 is 1.69 bits per heavy atom. The second kappa shape index (κ2) is 12.8. The molecule has 3 aromatic rings. The number of methoxy groups -OCH3 is 2. The number of carboxylic acid groups (broad SMARTS) is 1. The molecule has 0 fully saturated rings. The standard InChI is InChI=1S/C27H25ClF3NO7/c1-37-10-9-21(22(33)11-16-3-5-17(6-4-16)26(35)36)32-14-24(38-2)20(13-25(32)34)19-12-18(28)7-8-23(19)39-15-27(29,30)31/h3-8,12-14,21H,9-11,15H2,1-2H3,(H,35,36). The fourth-order valence-corrected chi connectivity index (χ4v) is 4.08. The molecule has 3 rings (SSSR count). The third-order valence-corrected chi connectivity index (χ3v) is 6.00. The lowest BCUT2D eigenvalue weighted by molar-refractivity contribution is -0.153. The first-order valence-electron chi connectivity index (χ1n) is 11.6. The van der Waals surface area contributed by atoms with Gasteiger partial charge in [0.1, 0.15) is 11.5 Å². The largest absolute Gasteiger partial charge is 0.495 e. The molecule has 0 saturated heterocycles. The van der Waals surface area contributed by atoms with Crippen LogP contribution in [0.4, 0.5) is 13.2 Å². The molecule has 0 spiro atoms. The van der Waals surface area contributed by atoms with Gasteiger partial charge in [-0.05, 0) is 42.3 Å². The number of aromatic carboxylic acids is 1. The average Bonchev–Trinajstić information content (AvgIpc) is 2.88. The number of nitrogens with zero attached hydrogens (tertiary/aromatic N) is 1. The highest BCUT2D eigenvalue weighted by Gasteiger charge is 2.29. The minimum atomic E-state index is -4.59. The van der Waals surface area contributed by atoms with Gasteiger partial charge in [-0.15, -0.1) is 0 Å². The SMILES string of the molecule is COCCC(C(=O)Cc1ccc(C(=O)O)cc1)n1cc(OC)c(-c2cc(Cl)ccc2OCC(F)(F)F)cc1=O. The molecule has 0 aliphatic heterocycles. The van der Waals surface area contributed by atoms with Gasteiger partial charge in [0.25, 0.3) is 5.56 Å². The first-order valence-corrected chi connectivity index (χ1v) is 11.9. The minimum absolute atomic E-state index is 0.0678. The molecule has 0 amide bonds. The summed E-state index contributed by atoms with van der Waals surface area (Å²) >= 11 is 6.08. The molecule has 0 radical (unpaired) electrons. The number of pyridine rings is 1. The van der Waals surface area contributed by atoms with E-state index in [1.165, 1.54) is 67.4 Å². The first kappa shape index (κ1) is 29.7. The zero-order valence-corrected chi connectivity index (χ0v) is 21.7. The van der Waals surface area contributed by atoms with E-state index in [1.807, 2.05) is 0 Å². The topological polar surface area (TPSA) is 104 Å². The van der Waals surface area contributed by atoms with E-state index >= 15 is 0 Å². The minimum Gasteiger partial charge on any atom is -0.495 e. The van der Waals surface area contributed by atoms with Crippen LogP contribution in [0.5, 0.6) is 11.5 Å². The second-order valence-electron chi connectivity index (χ2n) is 8.49. The Hall–Kier alpha value is -3.83. The van der Waals surface area contributed by atoms with Crippen molar-refractivity contribution in [2.45, 2.75) is 25.1 Å². The van der Waals surface area contributed by atoms with E-state index in [-0.39, 0.29) is 58.4 Å². The van der Waals surface area contributed by atoms with Crippen molar-refractivity contribution < 1.29 is 42.1 Å². The van der Waals surface area contributed by atoms with E-state index in [9.17, 15) is 27.6 Å². The van der Waals surface area contributed by atoms with Crippen LogP contribution in [0, 0.1) is 0 Å². The summed E-state index contributed by atoms with van der Waals surface area (Å²) in [5.41, 5.74) is 0.225. The van der Waals surface area contributed by atoms with Crippen LogP contribution >= 0.6 is 11.6 Å². The number of ketones is 1. The molecular formula is C27H25ClF3NO7. The maximum atomic E-state index is 13.3.